The van der Waals surface area contributed by atoms with Gasteiger partial charge in [-0.15, -0.1) is 10.2 Å². The van der Waals surface area contributed by atoms with Crippen molar-refractivity contribution in [3.05, 3.63) is 65.7 Å². The van der Waals surface area contributed by atoms with Gasteiger partial charge in [-0.2, -0.15) is 0 Å². The molecule has 3 aromatic rings. The molecule has 0 bridgehead atoms. The summed E-state index contributed by atoms with van der Waals surface area (Å²) in [4.78, 5) is 16.6. The zero-order valence-electron chi connectivity index (χ0n) is 18.4. The van der Waals surface area contributed by atoms with Crippen molar-refractivity contribution in [1.82, 2.24) is 19.7 Å². The average molecular weight is 474 g/mol. The molecule has 0 saturated carbocycles. The van der Waals surface area contributed by atoms with Crippen molar-refractivity contribution in [2.75, 3.05) is 38.3 Å². The summed E-state index contributed by atoms with van der Waals surface area (Å²) in [5, 5.41) is 8.68. The lowest BCUT2D eigenvalue weighted by atomic mass is 10.2. The van der Waals surface area contributed by atoms with E-state index < -0.39 is 5.25 Å². The minimum Gasteiger partial charge on any atom is -0.378 e. The summed E-state index contributed by atoms with van der Waals surface area (Å²) in [7, 11) is 1.68. The molecule has 0 radical (unpaired) electrons. The highest BCUT2D eigenvalue weighted by atomic mass is 32.2. The summed E-state index contributed by atoms with van der Waals surface area (Å²) in [6, 6.07) is 12.4. The molecular weight excluding hydrogens is 448 g/mol. The number of thioether (sulfide) groups is 1. The molecule has 0 N–H and O–H groups in total. The van der Waals surface area contributed by atoms with Gasteiger partial charge in [0.1, 0.15) is 11.6 Å². The van der Waals surface area contributed by atoms with E-state index in [1.165, 1.54) is 36.0 Å². The van der Waals surface area contributed by atoms with Crippen LogP contribution in [-0.2, 0) is 16.1 Å². The van der Waals surface area contributed by atoms with Crippen molar-refractivity contribution in [2.45, 2.75) is 23.9 Å². The van der Waals surface area contributed by atoms with Gasteiger partial charge >= 0.3 is 0 Å². The number of benzene rings is 2. The number of hydrogen-bond donors (Lipinski definition) is 0. The molecule has 1 amide bonds. The van der Waals surface area contributed by atoms with E-state index in [2.05, 4.69) is 10.2 Å². The second-order valence-corrected chi connectivity index (χ2v) is 9.09. The van der Waals surface area contributed by atoms with Gasteiger partial charge in [-0.05, 0) is 42.8 Å². The van der Waals surface area contributed by atoms with Crippen molar-refractivity contribution >= 4 is 23.6 Å². The SMILES string of the molecule is C[C@H](Sc1nnc(N2CCOCC2)n1-c1cccc(F)c1)C(=O)N(C)Cc1cccc(F)c1. The fourth-order valence-corrected chi connectivity index (χ4v) is 4.63. The van der Waals surface area contributed by atoms with Crippen LogP contribution in [0.15, 0.2) is 53.7 Å². The van der Waals surface area contributed by atoms with Gasteiger partial charge in [0.15, 0.2) is 5.16 Å². The van der Waals surface area contributed by atoms with Gasteiger partial charge in [0.2, 0.25) is 11.9 Å². The Bertz CT molecular complexity index is 1120. The summed E-state index contributed by atoms with van der Waals surface area (Å²) >= 11 is 1.25. The maximum absolute atomic E-state index is 14.0. The average Bonchev–Trinajstić information content (AvgIpc) is 3.22. The quantitative estimate of drug-likeness (QED) is 0.490. The topological polar surface area (TPSA) is 63.5 Å². The van der Waals surface area contributed by atoms with Crippen molar-refractivity contribution < 1.29 is 18.3 Å². The Hall–Kier alpha value is -2.98. The fourth-order valence-electron chi connectivity index (χ4n) is 3.65. The number of nitrogens with zero attached hydrogens (tertiary/aromatic N) is 5. The molecule has 1 fully saturated rings. The molecule has 2 heterocycles. The first kappa shape index (κ1) is 23.2. The fraction of sp³-hybridized carbons (Fsp3) is 0.348. The lowest BCUT2D eigenvalue weighted by Crippen LogP contribution is -2.38. The number of aromatic nitrogens is 3. The first-order valence-corrected chi connectivity index (χ1v) is 11.5. The van der Waals surface area contributed by atoms with E-state index >= 15 is 0 Å². The summed E-state index contributed by atoms with van der Waals surface area (Å²) < 4.78 is 34.7. The van der Waals surface area contributed by atoms with Crippen molar-refractivity contribution in [1.29, 1.82) is 0 Å². The molecule has 2 aromatic carbocycles. The van der Waals surface area contributed by atoms with Gasteiger partial charge in [-0.1, -0.05) is 30.0 Å². The zero-order chi connectivity index (χ0) is 23.4. The van der Waals surface area contributed by atoms with E-state index in [0.29, 0.717) is 48.7 Å². The maximum atomic E-state index is 14.0. The van der Waals surface area contributed by atoms with Crippen LogP contribution in [0.4, 0.5) is 14.7 Å². The Morgan fingerprint density at radius 3 is 2.52 bits per heavy atom. The van der Waals surface area contributed by atoms with Crippen LogP contribution >= 0.6 is 11.8 Å². The zero-order valence-corrected chi connectivity index (χ0v) is 19.3. The highest BCUT2D eigenvalue weighted by Crippen LogP contribution is 2.30. The van der Waals surface area contributed by atoms with Gasteiger partial charge in [-0.25, -0.2) is 8.78 Å². The van der Waals surface area contributed by atoms with Gasteiger partial charge in [0, 0.05) is 26.7 Å². The number of rotatable bonds is 7. The number of ether oxygens (including phenoxy) is 1. The summed E-state index contributed by atoms with van der Waals surface area (Å²) in [5.41, 5.74) is 1.29. The van der Waals surface area contributed by atoms with Crippen molar-refractivity contribution in [3.63, 3.8) is 0 Å². The molecule has 0 aliphatic carbocycles. The molecule has 1 aromatic heterocycles. The summed E-state index contributed by atoms with van der Waals surface area (Å²) in [6.45, 7) is 4.49. The highest BCUT2D eigenvalue weighted by Gasteiger charge is 2.26. The van der Waals surface area contributed by atoms with Crippen LogP contribution in [0.5, 0.6) is 0 Å². The lowest BCUT2D eigenvalue weighted by molar-refractivity contribution is -0.129. The number of carbonyl (C=O) groups is 1. The summed E-state index contributed by atoms with van der Waals surface area (Å²) in [6.07, 6.45) is 0. The first-order chi connectivity index (χ1) is 15.9. The third-order valence-electron chi connectivity index (χ3n) is 5.29. The van der Waals surface area contributed by atoms with E-state index in [1.807, 2.05) is 4.90 Å². The molecule has 7 nitrogen and oxygen atoms in total. The normalized spacial score (nSPS) is 14.8. The standard InChI is InChI=1S/C23H25F2N5O2S/c1-16(21(31)28(2)15-17-5-3-6-18(24)13-17)33-23-27-26-22(29-9-11-32-12-10-29)30(23)20-8-4-7-19(25)14-20/h3-8,13-14,16H,9-12,15H2,1-2H3/t16-/m0/s1. The molecule has 1 atom stereocenters. The van der Waals surface area contributed by atoms with Crippen LogP contribution in [0.3, 0.4) is 0 Å². The predicted molar refractivity (Wildman–Crippen MR) is 123 cm³/mol. The van der Waals surface area contributed by atoms with Gasteiger partial charge in [0.05, 0.1) is 24.2 Å². The Kier molecular flexibility index (Phi) is 7.24. The molecule has 0 unspecified atom stereocenters. The monoisotopic (exact) mass is 473 g/mol. The number of hydrogen-bond acceptors (Lipinski definition) is 6. The molecule has 1 aliphatic heterocycles. The van der Waals surface area contributed by atoms with Crippen molar-refractivity contribution in [3.8, 4) is 5.69 Å². The smallest absolute Gasteiger partial charge is 0.235 e. The minimum absolute atomic E-state index is 0.133. The second kappa shape index (κ2) is 10.3. The molecular formula is C23H25F2N5O2S. The maximum Gasteiger partial charge on any atom is 0.235 e. The molecule has 0 spiro atoms. The third kappa shape index (κ3) is 5.51. The highest BCUT2D eigenvalue weighted by molar-refractivity contribution is 8.00. The van der Waals surface area contributed by atoms with E-state index in [0.717, 1.165) is 0 Å². The van der Waals surface area contributed by atoms with Gasteiger partial charge in [-0.3, -0.25) is 9.36 Å². The van der Waals surface area contributed by atoms with E-state index in [-0.39, 0.29) is 24.1 Å². The summed E-state index contributed by atoms with van der Waals surface area (Å²) in [5.74, 6) is -0.260. The van der Waals surface area contributed by atoms with Gasteiger partial charge in [0.25, 0.3) is 0 Å². The van der Waals surface area contributed by atoms with Gasteiger partial charge < -0.3 is 14.5 Å². The molecule has 10 heteroatoms. The first-order valence-electron chi connectivity index (χ1n) is 10.6. The second-order valence-electron chi connectivity index (χ2n) is 7.78. The number of anilines is 1. The predicted octanol–water partition coefficient (Wildman–Crippen LogP) is 3.52. The number of morpholine rings is 1. The number of carbonyl (C=O) groups excluding carboxylic acids is 1. The molecule has 1 aliphatic rings. The van der Waals surface area contributed by atoms with Crippen LogP contribution in [0, 0.1) is 11.6 Å². The molecule has 33 heavy (non-hydrogen) atoms. The third-order valence-corrected chi connectivity index (χ3v) is 6.32. The van der Waals surface area contributed by atoms with Crippen LogP contribution in [0.1, 0.15) is 12.5 Å². The largest absolute Gasteiger partial charge is 0.378 e. The number of amides is 1. The number of halogens is 2. The van der Waals surface area contributed by atoms with Crippen LogP contribution in [-0.4, -0.2) is 64.2 Å². The van der Waals surface area contributed by atoms with Crippen LogP contribution in [0.25, 0.3) is 5.69 Å². The Balaban J connectivity index is 1.56. The van der Waals surface area contributed by atoms with Crippen LogP contribution in [0.2, 0.25) is 0 Å². The molecule has 1 saturated heterocycles. The lowest BCUT2D eigenvalue weighted by Gasteiger charge is -2.28. The Labute approximate surface area is 195 Å². The molecule has 4 rings (SSSR count). The van der Waals surface area contributed by atoms with Crippen LogP contribution < -0.4 is 4.90 Å². The molecule has 174 valence electrons. The van der Waals surface area contributed by atoms with E-state index in [4.69, 9.17) is 4.74 Å². The minimum atomic E-state index is -0.488. The Morgan fingerprint density at radius 1 is 1.12 bits per heavy atom. The van der Waals surface area contributed by atoms with Crippen molar-refractivity contribution in [2.24, 2.45) is 0 Å². The van der Waals surface area contributed by atoms with E-state index in [1.54, 1.807) is 47.7 Å². The Morgan fingerprint density at radius 2 is 1.82 bits per heavy atom. The van der Waals surface area contributed by atoms with E-state index in [9.17, 15) is 13.6 Å².